The predicted molar refractivity (Wildman–Crippen MR) is 72.1 cm³/mol. The lowest BCUT2D eigenvalue weighted by atomic mass is 10.2. The smallest absolute Gasteiger partial charge is 0.164 e. The molecule has 0 fully saturated rings. The second kappa shape index (κ2) is 5.97. The van der Waals surface area contributed by atoms with E-state index in [4.69, 9.17) is 10.5 Å². The number of nitrogens with two attached hydrogens (primary N) is 1. The number of hydrogen-bond acceptors (Lipinski definition) is 4. The Morgan fingerprint density at radius 3 is 3.00 bits per heavy atom. The molecule has 2 rings (SSSR count). The van der Waals surface area contributed by atoms with E-state index in [1.165, 1.54) is 6.33 Å². The molecule has 0 saturated carbocycles. The van der Waals surface area contributed by atoms with Crippen LogP contribution in [0.1, 0.15) is 18.3 Å². The first-order chi connectivity index (χ1) is 8.76. The van der Waals surface area contributed by atoms with Crippen molar-refractivity contribution in [3.05, 3.63) is 40.4 Å². The number of nitrogens with zero attached hydrogens (tertiary/aromatic N) is 3. The zero-order valence-corrected chi connectivity index (χ0v) is 11.7. The van der Waals surface area contributed by atoms with Crippen LogP contribution in [0.5, 0.6) is 5.75 Å². The lowest BCUT2D eigenvalue weighted by Crippen LogP contribution is -2.09. The summed E-state index contributed by atoms with van der Waals surface area (Å²) in [6, 6.07) is 5.82. The average Bonchev–Trinajstić information content (AvgIpc) is 2.84. The highest BCUT2D eigenvalue weighted by atomic mass is 79.9. The van der Waals surface area contributed by atoms with E-state index in [0.29, 0.717) is 13.2 Å². The van der Waals surface area contributed by atoms with Crippen LogP contribution in [0.15, 0.2) is 29.0 Å². The summed E-state index contributed by atoms with van der Waals surface area (Å²) >= 11 is 3.46. The van der Waals surface area contributed by atoms with Crippen LogP contribution in [0.4, 0.5) is 0 Å². The average molecular weight is 311 g/mol. The second-order valence-electron chi connectivity index (χ2n) is 3.71. The molecule has 0 aliphatic rings. The first-order valence-corrected chi connectivity index (χ1v) is 6.52. The molecular weight excluding hydrogens is 296 g/mol. The number of para-hydroxylation sites is 1. The third-order valence-electron chi connectivity index (χ3n) is 2.61. The van der Waals surface area contributed by atoms with Crippen LogP contribution in [-0.4, -0.2) is 14.8 Å². The number of benzene rings is 1. The van der Waals surface area contributed by atoms with Gasteiger partial charge in [-0.3, -0.25) is 0 Å². The van der Waals surface area contributed by atoms with Crippen molar-refractivity contribution in [2.75, 3.05) is 0 Å². The Bertz CT molecular complexity index is 527. The van der Waals surface area contributed by atoms with Crippen LogP contribution in [0.2, 0.25) is 0 Å². The minimum Gasteiger partial charge on any atom is -0.484 e. The van der Waals surface area contributed by atoms with Gasteiger partial charge in [0.25, 0.3) is 0 Å². The molecule has 2 N–H and O–H groups in total. The van der Waals surface area contributed by atoms with Crippen LogP contribution < -0.4 is 10.5 Å². The summed E-state index contributed by atoms with van der Waals surface area (Å²) in [5.74, 6) is 1.57. The standard InChI is InChI=1S/C12H15BrN4O/c1-2-17-11(15-8-16-17)7-18-12-9(6-14)4-3-5-10(12)13/h3-5,8H,2,6-7,14H2,1H3. The zero-order valence-electron chi connectivity index (χ0n) is 10.1. The fourth-order valence-corrected chi connectivity index (χ4v) is 2.20. The molecule has 0 spiro atoms. The molecule has 0 amide bonds. The number of hydrogen-bond donors (Lipinski definition) is 1. The summed E-state index contributed by atoms with van der Waals surface area (Å²) in [7, 11) is 0. The van der Waals surface area contributed by atoms with Gasteiger partial charge in [0.05, 0.1) is 4.47 Å². The van der Waals surface area contributed by atoms with Gasteiger partial charge in [0.2, 0.25) is 0 Å². The monoisotopic (exact) mass is 310 g/mol. The first kappa shape index (κ1) is 13.0. The number of aryl methyl sites for hydroxylation is 1. The number of ether oxygens (including phenoxy) is 1. The Labute approximate surface area is 114 Å². The predicted octanol–water partition coefficient (Wildman–Crippen LogP) is 2.10. The van der Waals surface area contributed by atoms with E-state index in [-0.39, 0.29) is 0 Å². The van der Waals surface area contributed by atoms with E-state index < -0.39 is 0 Å². The Balaban J connectivity index is 2.15. The first-order valence-electron chi connectivity index (χ1n) is 5.73. The molecule has 0 aliphatic carbocycles. The zero-order chi connectivity index (χ0) is 13.0. The maximum atomic E-state index is 5.80. The molecule has 2 aromatic rings. The molecule has 0 atom stereocenters. The highest BCUT2D eigenvalue weighted by molar-refractivity contribution is 9.10. The largest absolute Gasteiger partial charge is 0.484 e. The van der Waals surface area contributed by atoms with Crippen LogP contribution >= 0.6 is 15.9 Å². The van der Waals surface area contributed by atoms with Crippen molar-refractivity contribution in [3.63, 3.8) is 0 Å². The van der Waals surface area contributed by atoms with Gasteiger partial charge in [0.1, 0.15) is 18.7 Å². The van der Waals surface area contributed by atoms with Crippen LogP contribution in [0.25, 0.3) is 0 Å². The van der Waals surface area contributed by atoms with Crippen molar-refractivity contribution in [2.45, 2.75) is 26.6 Å². The summed E-state index contributed by atoms with van der Waals surface area (Å²) in [4.78, 5) is 4.17. The van der Waals surface area contributed by atoms with Crippen molar-refractivity contribution in [3.8, 4) is 5.75 Å². The summed E-state index contributed by atoms with van der Waals surface area (Å²) in [5, 5.41) is 4.10. The normalized spacial score (nSPS) is 10.6. The number of halogens is 1. The van der Waals surface area contributed by atoms with Gasteiger partial charge in [0, 0.05) is 18.7 Å². The second-order valence-corrected chi connectivity index (χ2v) is 4.57. The van der Waals surface area contributed by atoms with Crippen LogP contribution in [-0.2, 0) is 19.7 Å². The fourth-order valence-electron chi connectivity index (χ4n) is 1.68. The van der Waals surface area contributed by atoms with E-state index in [0.717, 1.165) is 28.2 Å². The Kier molecular flexibility index (Phi) is 4.33. The van der Waals surface area contributed by atoms with E-state index in [2.05, 4.69) is 26.0 Å². The van der Waals surface area contributed by atoms with Gasteiger partial charge in [-0.2, -0.15) is 5.10 Å². The van der Waals surface area contributed by atoms with Gasteiger partial charge in [0.15, 0.2) is 5.82 Å². The Hall–Kier alpha value is -1.40. The van der Waals surface area contributed by atoms with Crippen molar-refractivity contribution >= 4 is 15.9 Å². The van der Waals surface area contributed by atoms with Gasteiger partial charge < -0.3 is 10.5 Å². The van der Waals surface area contributed by atoms with E-state index in [1.807, 2.05) is 25.1 Å². The van der Waals surface area contributed by atoms with Crippen LogP contribution in [0, 0.1) is 0 Å². The Morgan fingerprint density at radius 2 is 2.28 bits per heavy atom. The number of rotatable bonds is 5. The molecule has 6 heteroatoms. The molecular formula is C12H15BrN4O. The SMILES string of the molecule is CCn1ncnc1COc1c(Br)cccc1CN. The summed E-state index contributed by atoms with van der Waals surface area (Å²) in [6.45, 7) is 3.61. The topological polar surface area (TPSA) is 66.0 Å². The van der Waals surface area contributed by atoms with E-state index >= 15 is 0 Å². The maximum Gasteiger partial charge on any atom is 0.164 e. The third-order valence-corrected chi connectivity index (χ3v) is 3.23. The lowest BCUT2D eigenvalue weighted by molar-refractivity contribution is 0.282. The van der Waals surface area contributed by atoms with Gasteiger partial charge in [-0.05, 0) is 28.9 Å². The molecule has 1 aromatic carbocycles. The quantitative estimate of drug-likeness (QED) is 0.918. The van der Waals surface area contributed by atoms with Gasteiger partial charge in [-0.1, -0.05) is 12.1 Å². The van der Waals surface area contributed by atoms with Gasteiger partial charge in [-0.15, -0.1) is 0 Å². The number of aromatic nitrogens is 3. The maximum absolute atomic E-state index is 5.80. The molecule has 0 radical (unpaired) electrons. The fraction of sp³-hybridized carbons (Fsp3) is 0.333. The van der Waals surface area contributed by atoms with E-state index in [1.54, 1.807) is 4.68 Å². The summed E-state index contributed by atoms with van der Waals surface area (Å²) in [5.41, 5.74) is 6.66. The van der Waals surface area contributed by atoms with Crippen molar-refractivity contribution in [2.24, 2.45) is 5.73 Å². The molecule has 5 nitrogen and oxygen atoms in total. The molecule has 0 aliphatic heterocycles. The molecule has 0 bridgehead atoms. The summed E-state index contributed by atoms with van der Waals surface area (Å²) < 4.78 is 8.50. The van der Waals surface area contributed by atoms with Crippen molar-refractivity contribution in [1.29, 1.82) is 0 Å². The summed E-state index contributed by atoms with van der Waals surface area (Å²) in [6.07, 6.45) is 1.53. The van der Waals surface area contributed by atoms with Crippen molar-refractivity contribution in [1.82, 2.24) is 14.8 Å². The third kappa shape index (κ3) is 2.70. The highest BCUT2D eigenvalue weighted by Gasteiger charge is 2.09. The highest BCUT2D eigenvalue weighted by Crippen LogP contribution is 2.29. The molecule has 1 heterocycles. The molecule has 18 heavy (non-hydrogen) atoms. The minimum atomic E-state index is 0.378. The molecule has 0 unspecified atom stereocenters. The Morgan fingerprint density at radius 1 is 1.44 bits per heavy atom. The van der Waals surface area contributed by atoms with Crippen LogP contribution in [0.3, 0.4) is 0 Å². The van der Waals surface area contributed by atoms with Gasteiger partial charge in [-0.25, -0.2) is 9.67 Å². The van der Waals surface area contributed by atoms with Gasteiger partial charge >= 0.3 is 0 Å². The minimum absolute atomic E-state index is 0.378. The molecule has 96 valence electrons. The van der Waals surface area contributed by atoms with Crippen molar-refractivity contribution < 1.29 is 4.74 Å². The lowest BCUT2D eigenvalue weighted by Gasteiger charge is -2.12. The molecule has 1 aromatic heterocycles. The molecule has 0 saturated heterocycles. The van der Waals surface area contributed by atoms with E-state index in [9.17, 15) is 0 Å².